The molecule has 20 heavy (non-hydrogen) atoms. The second-order valence-corrected chi connectivity index (χ2v) is 7.07. The first-order chi connectivity index (χ1) is 9.70. The van der Waals surface area contributed by atoms with Crippen LogP contribution in [0.25, 0.3) is 0 Å². The molecule has 0 fully saturated rings. The van der Waals surface area contributed by atoms with E-state index < -0.39 is 0 Å². The highest BCUT2D eigenvalue weighted by atomic mass is 79.9. The van der Waals surface area contributed by atoms with Gasteiger partial charge in [0.1, 0.15) is 0 Å². The number of nitrogens with one attached hydrogen (secondary N) is 1. The van der Waals surface area contributed by atoms with Crippen LogP contribution in [0.3, 0.4) is 0 Å². The lowest BCUT2D eigenvalue weighted by Crippen LogP contribution is -2.23. The summed E-state index contributed by atoms with van der Waals surface area (Å²) in [6.07, 6.45) is 2.28. The van der Waals surface area contributed by atoms with Gasteiger partial charge < -0.3 is 5.32 Å². The minimum atomic E-state index is 0.538. The molecule has 1 aromatic heterocycles. The molecule has 0 radical (unpaired) electrons. The van der Waals surface area contributed by atoms with Gasteiger partial charge in [0.2, 0.25) is 0 Å². The first-order valence-corrected chi connectivity index (χ1v) is 8.87. The summed E-state index contributed by atoms with van der Waals surface area (Å²) < 4.78 is 1.25. The summed E-state index contributed by atoms with van der Waals surface area (Å²) in [4.78, 5) is 1.44. The Bertz CT molecular complexity index is 535. The maximum Gasteiger partial charge on any atom is 0.0314 e. The van der Waals surface area contributed by atoms with Crippen molar-refractivity contribution in [2.75, 3.05) is 13.1 Å². The molecule has 0 aliphatic heterocycles. The largest absolute Gasteiger partial charge is 0.316 e. The third kappa shape index (κ3) is 4.44. The summed E-state index contributed by atoms with van der Waals surface area (Å²) in [6, 6.07) is 11.1. The lowest BCUT2D eigenvalue weighted by atomic mass is 9.93. The van der Waals surface area contributed by atoms with E-state index in [1.165, 1.54) is 26.9 Å². The van der Waals surface area contributed by atoms with Crippen LogP contribution in [0, 0.1) is 6.92 Å². The first-order valence-electron chi connectivity index (χ1n) is 7.20. The quantitative estimate of drug-likeness (QED) is 0.680. The van der Waals surface area contributed by atoms with Gasteiger partial charge in [-0.1, -0.05) is 36.8 Å². The molecule has 1 unspecified atom stereocenters. The molecule has 1 N–H and O–H groups in total. The molecule has 0 spiro atoms. The van der Waals surface area contributed by atoms with Crippen molar-refractivity contribution in [1.82, 2.24) is 5.32 Å². The topological polar surface area (TPSA) is 12.0 Å². The molecule has 0 amide bonds. The van der Waals surface area contributed by atoms with Gasteiger partial charge in [0.25, 0.3) is 0 Å². The minimum absolute atomic E-state index is 0.538. The molecule has 0 aliphatic carbocycles. The van der Waals surface area contributed by atoms with E-state index in [-0.39, 0.29) is 0 Å². The molecule has 1 heterocycles. The van der Waals surface area contributed by atoms with Gasteiger partial charge in [0, 0.05) is 21.8 Å². The van der Waals surface area contributed by atoms with Crippen LogP contribution in [0.1, 0.15) is 35.3 Å². The Kier molecular flexibility index (Phi) is 6.27. The van der Waals surface area contributed by atoms with Gasteiger partial charge in [-0.05, 0) is 59.2 Å². The Morgan fingerprint density at radius 2 is 2.15 bits per heavy atom. The number of benzene rings is 1. The van der Waals surface area contributed by atoms with Crippen molar-refractivity contribution >= 4 is 27.3 Å². The third-order valence-electron chi connectivity index (χ3n) is 3.45. The normalized spacial score (nSPS) is 12.6. The van der Waals surface area contributed by atoms with E-state index in [1.807, 2.05) is 11.3 Å². The Morgan fingerprint density at radius 1 is 1.30 bits per heavy atom. The zero-order valence-corrected chi connectivity index (χ0v) is 14.6. The summed E-state index contributed by atoms with van der Waals surface area (Å²) in [6.45, 7) is 6.52. The van der Waals surface area contributed by atoms with E-state index in [0.29, 0.717) is 5.92 Å². The summed E-state index contributed by atoms with van der Waals surface area (Å²) in [5.41, 5.74) is 2.78. The molecule has 1 nitrogen and oxygen atoms in total. The van der Waals surface area contributed by atoms with Crippen LogP contribution in [-0.2, 0) is 6.42 Å². The molecule has 0 saturated carbocycles. The van der Waals surface area contributed by atoms with Crippen LogP contribution in [0.4, 0.5) is 0 Å². The predicted octanol–water partition coefficient (Wildman–Crippen LogP) is 5.14. The van der Waals surface area contributed by atoms with Gasteiger partial charge in [-0.3, -0.25) is 0 Å². The Hall–Kier alpha value is -0.640. The standard InChI is InChI=1S/C17H22BrNS/c1-3-8-19-12-15(11-17-16(18)7-9-20-17)14-6-4-5-13(2)10-14/h4-7,9-10,15,19H,3,8,11-12H2,1-2H3. The predicted molar refractivity (Wildman–Crippen MR) is 92.8 cm³/mol. The molecule has 3 heteroatoms. The minimum Gasteiger partial charge on any atom is -0.316 e. The molecule has 1 aromatic carbocycles. The maximum absolute atomic E-state index is 3.65. The van der Waals surface area contributed by atoms with Crippen LogP contribution in [0.5, 0.6) is 0 Å². The molecule has 2 aromatic rings. The van der Waals surface area contributed by atoms with E-state index in [4.69, 9.17) is 0 Å². The van der Waals surface area contributed by atoms with Crippen molar-refractivity contribution in [3.05, 3.63) is 56.2 Å². The zero-order chi connectivity index (χ0) is 14.4. The summed E-state index contributed by atoms with van der Waals surface area (Å²) in [5, 5.41) is 5.73. The molecular formula is C17H22BrNS. The van der Waals surface area contributed by atoms with E-state index in [1.54, 1.807) is 0 Å². The van der Waals surface area contributed by atoms with Gasteiger partial charge in [-0.2, -0.15) is 0 Å². The molecular weight excluding hydrogens is 330 g/mol. The number of thiophene rings is 1. The van der Waals surface area contributed by atoms with Crippen molar-refractivity contribution in [2.24, 2.45) is 0 Å². The van der Waals surface area contributed by atoms with E-state index in [9.17, 15) is 0 Å². The Labute approximate surface area is 134 Å². The highest BCUT2D eigenvalue weighted by molar-refractivity contribution is 9.10. The number of hydrogen-bond donors (Lipinski definition) is 1. The molecule has 0 aliphatic rings. The first kappa shape index (κ1) is 15.7. The van der Waals surface area contributed by atoms with Crippen LogP contribution in [0.15, 0.2) is 40.2 Å². The Balaban J connectivity index is 2.13. The van der Waals surface area contributed by atoms with Crippen LogP contribution in [0.2, 0.25) is 0 Å². The van der Waals surface area contributed by atoms with Crippen molar-refractivity contribution in [2.45, 2.75) is 32.6 Å². The highest BCUT2D eigenvalue weighted by Crippen LogP contribution is 2.29. The molecule has 0 saturated heterocycles. The fourth-order valence-corrected chi connectivity index (χ4v) is 3.98. The molecule has 108 valence electrons. The maximum atomic E-state index is 3.65. The monoisotopic (exact) mass is 351 g/mol. The number of halogens is 1. The van der Waals surface area contributed by atoms with Gasteiger partial charge in [-0.25, -0.2) is 0 Å². The average Bonchev–Trinajstić information content (AvgIpc) is 2.83. The Morgan fingerprint density at radius 3 is 2.80 bits per heavy atom. The SMILES string of the molecule is CCCNCC(Cc1sccc1Br)c1cccc(C)c1. The van der Waals surface area contributed by atoms with Crippen molar-refractivity contribution in [3.8, 4) is 0 Å². The number of hydrogen-bond acceptors (Lipinski definition) is 2. The lowest BCUT2D eigenvalue weighted by molar-refractivity contribution is 0.578. The summed E-state index contributed by atoms with van der Waals surface area (Å²) in [7, 11) is 0. The van der Waals surface area contributed by atoms with Crippen molar-refractivity contribution in [1.29, 1.82) is 0 Å². The van der Waals surface area contributed by atoms with Gasteiger partial charge in [0.05, 0.1) is 0 Å². The summed E-state index contributed by atoms with van der Waals surface area (Å²) >= 11 is 5.49. The third-order valence-corrected chi connectivity index (χ3v) is 5.40. The second-order valence-electron chi connectivity index (χ2n) is 5.21. The smallest absolute Gasteiger partial charge is 0.0314 e. The average molecular weight is 352 g/mol. The van der Waals surface area contributed by atoms with Crippen LogP contribution >= 0.6 is 27.3 Å². The van der Waals surface area contributed by atoms with E-state index >= 15 is 0 Å². The van der Waals surface area contributed by atoms with Gasteiger partial charge >= 0.3 is 0 Å². The van der Waals surface area contributed by atoms with Gasteiger partial charge in [-0.15, -0.1) is 11.3 Å². The van der Waals surface area contributed by atoms with Crippen LogP contribution in [-0.4, -0.2) is 13.1 Å². The fraction of sp³-hybridized carbons (Fsp3) is 0.412. The van der Waals surface area contributed by atoms with Gasteiger partial charge in [0.15, 0.2) is 0 Å². The lowest BCUT2D eigenvalue weighted by Gasteiger charge is -2.18. The molecule has 0 bridgehead atoms. The molecule has 2 rings (SSSR count). The van der Waals surface area contributed by atoms with Crippen molar-refractivity contribution in [3.63, 3.8) is 0 Å². The molecule has 1 atom stereocenters. The van der Waals surface area contributed by atoms with Crippen LogP contribution < -0.4 is 5.32 Å². The van der Waals surface area contributed by atoms with E-state index in [0.717, 1.165) is 19.5 Å². The summed E-state index contributed by atoms with van der Waals surface area (Å²) in [5.74, 6) is 0.538. The fourth-order valence-electron chi connectivity index (χ4n) is 2.38. The van der Waals surface area contributed by atoms with Crippen molar-refractivity contribution < 1.29 is 0 Å². The van der Waals surface area contributed by atoms with E-state index in [2.05, 4.69) is 70.8 Å². The second kappa shape index (κ2) is 7.96. The zero-order valence-electron chi connectivity index (χ0n) is 12.2. The number of rotatable bonds is 7. The highest BCUT2D eigenvalue weighted by Gasteiger charge is 2.14. The number of aryl methyl sites for hydroxylation is 1.